The largest absolute Gasteiger partial charge is 0.481 e. The number of aliphatic carboxylic acids is 1. The molecule has 3 N–H and O–H groups in total. The predicted octanol–water partition coefficient (Wildman–Crippen LogP) is 0.355. The monoisotopic (exact) mass is 216 g/mol. The van der Waals surface area contributed by atoms with Crippen LogP contribution in [0.4, 0.5) is 0 Å². The van der Waals surface area contributed by atoms with E-state index >= 15 is 0 Å². The van der Waals surface area contributed by atoms with E-state index in [9.17, 15) is 9.59 Å². The minimum Gasteiger partial charge on any atom is -0.481 e. The SMILES string of the molecule is CCNCC(=O)NC(C)CCCC(=O)O. The van der Waals surface area contributed by atoms with E-state index in [4.69, 9.17) is 5.11 Å². The zero-order valence-corrected chi connectivity index (χ0v) is 9.38. The third-order valence-electron chi connectivity index (χ3n) is 1.97. The van der Waals surface area contributed by atoms with Crippen LogP contribution in [-0.4, -0.2) is 36.1 Å². The average molecular weight is 216 g/mol. The molecule has 0 bridgehead atoms. The maximum absolute atomic E-state index is 11.2. The normalized spacial score (nSPS) is 12.1. The van der Waals surface area contributed by atoms with Gasteiger partial charge in [0.1, 0.15) is 0 Å². The Morgan fingerprint density at radius 1 is 1.40 bits per heavy atom. The van der Waals surface area contributed by atoms with Crippen LogP contribution in [0.15, 0.2) is 0 Å². The van der Waals surface area contributed by atoms with Crippen molar-refractivity contribution in [1.29, 1.82) is 0 Å². The molecule has 0 saturated carbocycles. The molecule has 0 aromatic carbocycles. The van der Waals surface area contributed by atoms with Crippen LogP contribution >= 0.6 is 0 Å². The Morgan fingerprint density at radius 2 is 2.07 bits per heavy atom. The van der Waals surface area contributed by atoms with Crippen molar-refractivity contribution in [2.45, 2.75) is 39.2 Å². The molecule has 0 aromatic heterocycles. The van der Waals surface area contributed by atoms with Crippen molar-refractivity contribution in [3.63, 3.8) is 0 Å². The Bertz CT molecular complexity index is 207. The highest BCUT2D eigenvalue weighted by atomic mass is 16.4. The van der Waals surface area contributed by atoms with E-state index < -0.39 is 5.97 Å². The highest BCUT2D eigenvalue weighted by Gasteiger charge is 2.07. The third kappa shape index (κ3) is 9.21. The lowest BCUT2D eigenvalue weighted by atomic mass is 10.1. The van der Waals surface area contributed by atoms with Crippen LogP contribution in [0.5, 0.6) is 0 Å². The molecular weight excluding hydrogens is 196 g/mol. The minimum atomic E-state index is -0.791. The van der Waals surface area contributed by atoms with Crippen molar-refractivity contribution in [2.24, 2.45) is 0 Å². The van der Waals surface area contributed by atoms with Gasteiger partial charge in [-0.25, -0.2) is 0 Å². The van der Waals surface area contributed by atoms with E-state index in [-0.39, 0.29) is 18.4 Å². The summed E-state index contributed by atoms with van der Waals surface area (Å²) in [7, 11) is 0. The van der Waals surface area contributed by atoms with Gasteiger partial charge >= 0.3 is 5.97 Å². The molecule has 0 saturated heterocycles. The number of hydrogen-bond acceptors (Lipinski definition) is 3. The molecule has 0 heterocycles. The number of carboxylic acid groups (broad SMARTS) is 1. The average Bonchev–Trinajstić information content (AvgIpc) is 2.14. The van der Waals surface area contributed by atoms with Gasteiger partial charge in [0.25, 0.3) is 0 Å². The molecule has 0 rings (SSSR count). The lowest BCUT2D eigenvalue weighted by Gasteiger charge is -2.13. The number of amides is 1. The van der Waals surface area contributed by atoms with Crippen molar-refractivity contribution in [3.05, 3.63) is 0 Å². The van der Waals surface area contributed by atoms with Gasteiger partial charge in [0.05, 0.1) is 6.54 Å². The number of carboxylic acids is 1. The molecule has 0 aliphatic carbocycles. The Hall–Kier alpha value is -1.10. The highest BCUT2D eigenvalue weighted by Crippen LogP contribution is 1.99. The summed E-state index contributed by atoms with van der Waals surface area (Å²) in [4.78, 5) is 21.5. The Kier molecular flexibility index (Phi) is 7.62. The molecule has 0 spiro atoms. The topological polar surface area (TPSA) is 78.4 Å². The van der Waals surface area contributed by atoms with Crippen molar-refractivity contribution < 1.29 is 14.7 Å². The lowest BCUT2D eigenvalue weighted by Crippen LogP contribution is -2.39. The van der Waals surface area contributed by atoms with Crippen molar-refractivity contribution in [2.75, 3.05) is 13.1 Å². The van der Waals surface area contributed by atoms with Gasteiger partial charge in [-0.05, 0) is 26.3 Å². The molecule has 0 aliphatic rings. The van der Waals surface area contributed by atoms with E-state index in [1.165, 1.54) is 0 Å². The quantitative estimate of drug-likeness (QED) is 0.547. The zero-order chi connectivity index (χ0) is 11.7. The fourth-order valence-electron chi connectivity index (χ4n) is 1.20. The first-order chi connectivity index (χ1) is 7.06. The molecule has 5 heteroatoms. The summed E-state index contributed by atoms with van der Waals surface area (Å²) in [6.45, 7) is 4.90. The molecule has 1 atom stereocenters. The summed E-state index contributed by atoms with van der Waals surface area (Å²) in [5, 5.41) is 14.1. The number of carbonyl (C=O) groups is 2. The van der Waals surface area contributed by atoms with E-state index in [1.54, 1.807) is 0 Å². The second kappa shape index (κ2) is 8.23. The van der Waals surface area contributed by atoms with Gasteiger partial charge < -0.3 is 15.7 Å². The third-order valence-corrected chi connectivity index (χ3v) is 1.97. The molecule has 5 nitrogen and oxygen atoms in total. The molecule has 0 aromatic rings. The van der Waals surface area contributed by atoms with Gasteiger partial charge in [0.2, 0.25) is 5.91 Å². The Morgan fingerprint density at radius 3 is 2.60 bits per heavy atom. The first kappa shape index (κ1) is 13.9. The fraction of sp³-hybridized carbons (Fsp3) is 0.800. The molecular formula is C10H20N2O3. The maximum Gasteiger partial charge on any atom is 0.303 e. The van der Waals surface area contributed by atoms with E-state index in [0.717, 1.165) is 6.54 Å². The smallest absolute Gasteiger partial charge is 0.303 e. The Labute approximate surface area is 90.2 Å². The van der Waals surface area contributed by atoms with Crippen LogP contribution in [0.1, 0.15) is 33.1 Å². The zero-order valence-electron chi connectivity index (χ0n) is 9.38. The number of nitrogens with one attached hydrogen (secondary N) is 2. The van der Waals surface area contributed by atoms with Crippen molar-refractivity contribution >= 4 is 11.9 Å². The summed E-state index contributed by atoms with van der Waals surface area (Å²) in [6, 6.07) is 0.0375. The van der Waals surface area contributed by atoms with Crippen LogP contribution in [0.25, 0.3) is 0 Å². The van der Waals surface area contributed by atoms with Gasteiger partial charge in [0, 0.05) is 12.5 Å². The van der Waals surface area contributed by atoms with Crippen molar-refractivity contribution in [1.82, 2.24) is 10.6 Å². The van der Waals surface area contributed by atoms with Gasteiger partial charge in [0.15, 0.2) is 0 Å². The van der Waals surface area contributed by atoms with Crippen LogP contribution in [0, 0.1) is 0 Å². The first-order valence-corrected chi connectivity index (χ1v) is 5.28. The second-order valence-corrected chi connectivity index (χ2v) is 3.53. The summed E-state index contributed by atoms with van der Waals surface area (Å²) in [6.07, 6.45) is 1.45. The molecule has 88 valence electrons. The number of hydrogen-bond donors (Lipinski definition) is 3. The van der Waals surface area contributed by atoms with E-state index in [2.05, 4.69) is 10.6 Å². The molecule has 0 fully saturated rings. The molecule has 1 unspecified atom stereocenters. The molecule has 1 amide bonds. The lowest BCUT2D eigenvalue weighted by molar-refractivity contribution is -0.137. The van der Waals surface area contributed by atoms with Gasteiger partial charge in [-0.2, -0.15) is 0 Å². The fourth-order valence-corrected chi connectivity index (χ4v) is 1.20. The van der Waals surface area contributed by atoms with E-state index in [1.807, 2.05) is 13.8 Å². The van der Waals surface area contributed by atoms with Gasteiger partial charge in [-0.1, -0.05) is 6.92 Å². The molecule has 0 aliphatic heterocycles. The number of likely N-dealkylation sites (N-methyl/N-ethyl adjacent to an activating group) is 1. The standard InChI is InChI=1S/C10H20N2O3/c1-3-11-7-9(13)12-8(2)5-4-6-10(14)15/h8,11H,3-7H2,1-2H3,(H,12,13)(H,14,15). The van der Waals surface area contributed by atoms with Crippen molar-refractivity contribution in [3.8, 4) is 0 Å². The van der Waals surface area contributed by atoms with Crippen LogP contribution in [0.2, 0.25) is 0 Å². The number of carbonyl (C=O) groups excluding carboxylic acids is 1. The minimum absolute atomic E-state index is 0.0375. The maximum atomic E-state index is 11.2. The summed E-state index contributed by atoms with van der Waals surface area (Å²) >= 11 is 0. The molecule has 15 heavy (non-hydrogen) atoms. The first-order valence-electron chi connectivity index (χ1n) is 5.28. The van der Waals surface area contributed by atoms with Gasteiger partial charge in [-0.3, -0.25) is 9.59 Å². The van der Waals surface area contributed by atoms with Gasteiger partial charge in [-0.15, -0.1) is 0 Å². The van der Waals surface area contributed by atoms with Crippen LogP contribution < -0.4 is 10.6 Å². The predicted molar refractivity (Wildman–Crippen MR) is 57.6 cm³/mol. The summed E-state index contributed by atoms with van der Waals surface area (Å²) < 4.78 is 0. The summed E-state index contributed by atoms with van der Waals surface area (Å²) in [5.74, 6) is -0.833. The second-order valence-electron chi connectivity index (χ2n) is 3.53. The highest BCUT2D eigenvalue weighted by molar-refractivity contribution is 5.78. The Balaban J connectivity index is 3.50. The number of rotatable bonds is 8. The summed E-state index contributed by atoms with van der Waals surface area (Å²) in [5.41, 5.74) is 0. The molecule has 0 radical (unpaired) electrons. The van der Waals surface area contributed by atoms with Crippen LogP contribution in [0.3, 0.4) is 0 Å². The van der Waals surface area contributed by atoms with Crippen LogP contribution in [-0.2, 0) is 9.59 Å². The van der Waals surface area contributed by atoms with E-state index in [0.29, 0.717) is 19.4 Å².